The topological polar surface area (TPSA) is 84.3 Å². The number of phenolic OH excluding ortho intramolecular Hbond substituents is 2. The Kier molecular flexibility index (Phi) is 5.13. The summed E-state index contributed by atoms with van der Waals surface area (Å²) < 4.78 is 0. The van der Waals surface area contributed by atoms with E-state index in [1.807, 2.05) is 41.3 Å². The van der Waals surface area contributed by atoms with Gasteiger partial charge in [-0.05, 0) is 41.8 Å². The Hall–Kier alpha value is -4.00. The molecule has 2 aliphatic heterocycles. The summed E-state index contributed by atoms with van der Waals surface area (Å²) in [5, 5.41) is 20.4. The highest BCUT2D eigenvalue weighted by Gasteiger charge is 2.33. The number of aromatic hydroxyl groups is 2. The number of benzene rings is 3. The van der Waals surface area contributed by atoms with E-state index in [-0.39, 0.29) is 28.9 Å². The van der Waals surface area contributed by atoms with E-state index in [9.17, 15) is 19.8 Å². The maximum Gasteiger partial charge on any atom is 0.257 e. The molecule has 7 nitrogen and oxygen atoms in total. The predicted octanol–water partition coefficient (Wildman–Crippen LogP) is 3.44. The van der Waals surface area contributed by atoms with Gasteiger partial charge in [0, 0.05) is 61.5 Å². The molecule has 3 aromatic carbocycles. The maximum atomic E-state index is 13.0. The minimum Gasteiger partial charge on any atom is -0.508 e. The lowest BCUT2D eigenvalue weighted by Gasteiger charge is -2.37. The first-order chi connectivity index (χ1) is 17.0. The zero-order valence-corrected chi connectivity index (χ0v) is 19.4. The van der Waals surface area contributed by atoms with Gasteiger partial charge in [0.25, 0.3) is 5.91 Å². The number of hydrogen-bond donors (Lipinski definition) is 2. The van der Waals surface area contributed by atoms with Gasteiger partial charge in [0.1, 0.15) is 11.5 Å². The summed E-state index contributed by atoms with van der Waals surface area (Å²) >= 11 is 0. The highest BCUT2D eigenvalue weighted by atomic mass is 16.3. The molecule has 178 valence electrons. The monoisotopic (exact) mass is 469 g/mol. The zero-order valence-electron chi connectivity index (χ0n) is 19.4. The average Bonchev–Trinajstić information content (AvgIpc) is 3.70. The summed E-state index contributed by atoms with van der Waals surface area (Å²) in [5.74, 6) is 0.00600. The number of carbonyl (C=O) groups is 2. The fraction of sp³-hybridized carbons (Fsp3) is 0.286. The standard InChI is InChI=1S/C28H27N3O4/c32-25-16-23(27(34)22-15-21(22)25)28(35)30-12-10-29(11-13-30)20-7-8-24-19(14-20)6-9-26(33)31(24)17-18-4-2-1-3-5-18/h1-5,7-8,14,16,32,34H,6,9-13,15,17H2. The summed E-state index contributed by atoms with van der Waals surface area (Å²) in [6, 6.07) is 17.7. The molecule has 0 spiro atoms. The molecule has 3 aliphatic rings. The normalized spacial score (nSPS) is 16.7. The molecule has 1 saturated heterocycles. The number of fused-ring (bicyclic) bond motifs is 2. The largest absolute Gasteiger partial charge is 0.508 e. The molecular formula is C28H27N3O4. The van der Waals surface area contributed by atoms with Gasteiger partial charge in [-0.2, -0.15) is 0 Å². The van der Waals surface area contributed by atoms with Crippen molar-refractivity contribution in [2.75, 3.05) is 36.0 Å². The Morgan fingerprint density at radius 2 is 1.66 bits per heavy atom. The van der Waals surface area contributed by atoms with E-state index >= 15 is 0 Å². The highest BCUT2D eigenvalue weighted by molar-refractivity contribution is 5.99. The molecule has 2 amide bonds. The Morgan fingerprint density at radius 1 is 0.886 bits per heavy atom. The number of nitrogens with zero attached hydrogens (tertiary/aromatic N) is 3. The van der Waals surface area contributed by atoms with Crippen LogP contribution in [0.25, 0.3) is 0 Å². The third-order valence-corrected chi connectivity index (χ3v) is 7.33. The quantitative estimate of drug-likeness (QED) is 0.448. The first-order valence-electron chi connectivity index (χ1n) is 12.1. The Bertz CT molecular complexity index is 1330. The second-order valence-electron chi connectivity index (χ2n) is 9.48. The zero-order chi connectivity index (χ0) is 24.1. The van der Waals surface area contributed by atoms with Crippen molar-refractivity contribution in [1.29, 1.82) is 0 Å². The lowest BCUT2D eigenvalue weighted by Crippen LogP contribution is -2.48. The minimum absolute atomic E-state index is 0.00882. The molecular weight excluding hydrogens is 442 g/mol. The van der Waals surface area contributed by atoms with Crippen molar-refractivity contribution >= 4 is 23.2 Å². The number of anilines is 2. The van der Waals surface area contributed by atoms with Crippen LogP contribution >= 0.6 is 0 Å². The van der Waals surface area contributed by atoms with E-state index in [0.717, 1.165) is 28.9 Å². The van der Waals surface area contributed by atoms with Gasteiger partial charge in [-0.25, -0.2) is 0 Å². The molecule has 0 aromatic heterocycles. The molecule has 2 heterocycles. The van der Waals surface area contributed by atoms with Crippen molar-refractivity contribution < 1.29 is 19.8 Å². The summed E-state index contributed by atoms with van der Waals surface area (Å²) in [5.41, 5.74) is 5.95. The van der Waals surface area contributed by atoms with Crippen molar-refractivity contribution in [2.24, 2.45) is 0 Å². The van der Waals surface area contributed by atoms with Crippen LogP contribution in [0.15, 0.2) is 54.6 Å². The van der Waals surface area contributed by atoms with Gasteiger partial charge in [-0.1, -0.05) is 30.3 Å². The van der Waals surface area contributed by atoms with Gasteiger partial charge >= 0.3 is 0 Å². The predicted molar refractivity (Wildman–Crippen MR) is 133 cm³/mol. The third-order valence-electron chi connectivity index (χ3n) is 7.33. The van der Waals surface area contributed by atoms with Crippen LogP contribution in [-0.4, -0.2) is 53.1 Å². The fourth-order valence-electron chi connectivity index (χ4n) is 5.24. The van der Waals surface area contributed by atoms with Crippen LogP contribution in [0.4, 0.5) is 11.4 Å². The lowest BCUT2D eigenvalue weighted by atomic mass is 9.99. The lowest BCUT2D eigenvalue weighted by molar-refractivity contribution is -0.119. The molecule has 0 bridgehead atoms. The second-order valence-corrected chi connectivity index (χ2v) is 9.48. The number of amides is 2. The Morgan fingerprint density at radius 3 is 2.43 bits per heavy atom. The smallest absolute Gasteiger partial charge is 0.257 e. The number of rotatable bonds is 4. The van der Waals surface area contributed by atoms with Crippen molar-refractivity contribution in [1.82, 2.24) is 4.90 Å². The van der Waals surface area contributed by atoms with Crippen molar-refractivity contribution in [3.63, 3.8) is 0 Å². The van der Waals surface area contributed by atoms with Gasteiger partial charge in [-0.3, -0.25) is 9.59 Å². The number of hydrogen-bond acceptors (Lipinski definition) is 5. The van der Waals surface area contributed by atoms with Gasteiger partial charge < -0.3 is 24.9 Å². The van der Waals surface area contributed by atoms with E-state index in [1.165, 1.54) is 11.6 Å². The van der Waals surface area contributed by atoms with E-state index in [4.69, 9.17) is 0 Å². The molecule has 3 aromatic rings. The van der Waals surface area contributed by atoms with E-state index in [1.54, 1.807) is 4.90 Å². The average molecular weight is 470 g/mol. The summed E-state index contributed by atoms with van der Waals surface area (Å²) in [4.78, 5) is 31.5. The molecule has 35 heavy (non-hydrogen) atoms. The van der Waals surface area contributed by atoms with Crippen LogP contribution in [0.5, 0.6) is 11.5 Å². The minimum atomic E-state index is -0.243. The molecule has 2 N–H and O–H groups in total. The van der Waals surface area contributed by atoms with Gasteiger partial charge in [0.05, 0.1) is 12.1 Å². The van der Waals surface area contributed by atoms with Crippen LogP contribution in [0.3, 0.4) is 0 Å². The Labute approximate surface area is 203 Å². The van der Waals surface area contributed by atoms with E-state index in [2.05, 4.69) is 17.0 Å². The number of carbonyl (C=O) groups excluding carboxylic acids is 2. The van der Waals surface area contributed by atoms with Crippen LogP contribution in [0.1, 0.15) is 39.0 Å². The van der Waals surface area contributed by atoms with Gasteiger partial charge in [-0.15, -0.1) is 0 Å². The molecule has 0 radical (unpaired) electrons. The maximum absolute atomic E-state index is 13.0. The van der Waals surface area contributed by atoms with Crippen molar-refractivity contribution in [2.45, 2.75) is 25.8 Å². The SMILES string of the molecule is O=C(c1cc(O)c2c(c1O)C2)N1CCN(c2ccc3c(c2)CCC(=O)N3Cc2ccccc2)CC1. The molecule has 1 fully saturated rings. The van der Waals surface area contributed by atoms with E-state index in [0.29, 0.717) is 51.1 Å². The van der Waals surface area contributed by atoms with Crippen molar-refractivity contribution in [3.05, 3.63) is 82.4 Å². The van der Waals surface area contributed by atoms with Gasteiger partial charge in [0.15, 0.2) is 0 Å². The van der Waals surface area contributed by atoms with Crippen LogP contribution in [0.2, 0.25) is 0 Å². The summed E-state index contributed by atoms with van der Waals surface area (Å²) in [6.45, 7) is 2.99. The molecule has 7 heteroatoms. The van der Waals surface area contributed by atoms with Crippen molar-refractivity contribution in [3.8, 4) is 11.5 Å². The molecule has 6 rings (SSSR count). The second kappa shape index (κ2) is 8.34. The molecule has 0 atom stereocenters. The third kappa shape index (κ3) is 3.87. The van der Waals surface area contributed by atoms with Crippen LogP contribution < -0.4 is 9.80 Å². The fourth-order valence-corrected chi connectivity index (χ4v) is 5.24. The van der Waals surface area contributed by atoms with Crippen LogP contribution in [0, 0.1) is 0 Å². The van der Waals surface area contributed by atoms with E-state index < -0.39 is 0 Å². The number of phenols is 2. The number of aryl methyl sites for hydroxylation is 1. The Balaban J connectivity index is 1.15. The molecule has 0 saturated carbocycles. The van der Waals surface area contributed by atoms with Crippen LogP contribution in [-0.2, 0) is 24.2 Å². The first-order valence-corrected chi connectivity index (χ1v) is 12.1. The number of piperazine rings is 1. The summed E-state index contributed by atoms with van der Waals surface area (Å²) in [6.07, 6.45) is 1.78. The molecule has 0 unspecified atom stereocenters. The molecule has 1 aliphatic carbocycles. The first kappa shape index (κ1) is 21.5. The van der Waals surface area contributed by atoms with Gasteiger partial charge in [0.2, 0.25) is 5.91 Å². The highest BCUT2D eigenvalue weighted by Crippen LogP contribution is 2.45. The summed E-state index contributed by atoms with van der Waals surface area (Å²) in [7, 11) is 0.